The molecule has 3 aromatic rings. The van der Waals surface area contributed by atoms with E-state index in [9.17, 15) is 9.18 Å². The van der Waals surface area contributed by atoms with Gasteiger partial charge in [-0.2, -0.15) is 0 Å². The number of hydrogen-bond donors (Lipinski definition) is 2. The predicted octanol–water partition coefficient (Wildman–Crippen LogP) is 5.02. The van der Waals surface area contributed by atoms with Gasteiger partial charge in [-0.05, 0) is 41.1 Å². The number of ether oxygens (including phenoxy) is 1. The Bertz CT molecular complexity index is 1040. The second-order valence-electron chi connectivity index (χ2n) is 7.03. The summed E-state index contributed by atoms with van der Waals surface area (Å²) in [5.74, 6) is -0.0838. The molecule has 154 valence electrons. The molecule has 0 aromatic heterocycles. The van der Waals surface area contributed by atoms with Crippen LogP contribution in [0.2, 0.25) is 0 Å². The summed E-state index contributed by atoms with van der Waals surface area (Å²) in [4.78, 5) is 12.1. The van der Waals surface area contributed by atoms with Gasteiger partial charge in [0.2, 0.25) is 5.91 Å². The molecule has 1 atom stereocenters. The van der Waals surface area contributed by atoms with Gasteiger partial charge in [-0.1, -0.05) is 48.5 Å². The highest BCUT2D eigenvalue weighted by Gasteiger charge is 2.35. The summed E-state index contributed by atoms with van der Waals surface area (Å²) < 4.78 is 19.9. The minimum atomic E-state index is -0.445. The van der Waals surface area contributed by atoms with Crippen molar-refractivity contribution in [3.8, 4) is 16.9 Å². The number of halogens is 1. The molecule has 0 fully saturated rings. The molecule has 1 aliphatic rings. The third kappa shape index (κ3) is 4.35. The van der Waals surface area contributed by atoms with Crippen molar-refractivity contribution >= 4 is 23.4 Å². The molecule has 0 spiro atoms. The molecule has 2 N–H and O–H groups in total. The van der Waals surface area contributed by atoms with Crippen LogP contribution in [-0.2, 0) is 11.3 Å². The van der Waals surface area contributed by atoms with E-state index in [2.05, 4.69) is 47.0 Å². The fraction of sp³-hybridized carbons (Fsp3) is 0.208. The van der Waals surface area contributed by atoms with Gasteiger partial charge in [-0.3, -0.25) is 4.79 Å². The van der Waals surface area contributed by atoms with Crippen LogP contribution in [0.5, 0.6) is 5.75 Å². The van der Waals surface area contributed by atoms with Gasteiger partial charge in [0.25, 0.3) is 0 Å². The van der Waals surface area contributed by atoms with E-state index in [-0.39, 0.29) is 11.6 Å². The molecule has 4 rings (SSSR count). The van der Waals surface area contributed by atoms with Gasteiger partial charge in [0.1, 0.15) is 23.4 Å². The van der Waals surface area contributed by atoms with Crippen LogP contribution in [0.4, 0.5) is 10.1 Å². The van der Waals surface area contributed by atoms with Gasteiger partial charge < -0.3 is 15.4 Å². The Balaban J connectivity index is 1.33. The van der Waals surface area contributed by atoms with Crippen LogP contribution in [0.1, 0.15) is 16.4 Å². The van der Waals surface area contributed by atoms with Crippen molar-refractivity contribution in [3.05, 3.63) is 83.7 Å². The van der Waals surface area contributed by atoms with Gasteiger partial charge in [0, 0.05) is 18.7 Å². The van der Waals surface area contributed by atoms with Crippen LogP contribution in [-0.4, -0.2) is 25.3 Å². The molecule has 1 unspecified atom stereocenters. The number of anilines is 1. The van der Waals surface area contributed by atoms with E-state index in [1.807, 2.05) is 24.5 Å². The minimum absolute atomic E-state index is 0.205. The summed E-state index contributed by atoms with van der Waals surface area (Å²) in [6.07, 6.45) is 1.83. The molecule has 30 heavy (non-hydrogen) atoms. The fourth-order valence-electron chi connectivity index (χ4n) is 3.59. The number of benzene rings is 3. The minimum Gasteiger partial charge on any atom is -0.492 e. The van der Waals surface area contributed by atoms with Crippen molar-refractivity contribution in [2.75, 3.05) is 24.7 Å². The summed E-state index contributed by atoms with van der Waals surface area (Å²) in [5.41, 5.74) is 4.41. The van der Waals surface area contributed by atoms with Crippen molar-refractivity contribution in [2.24, 2.45) is 0 Å². The maximum absolute atomic E-state index is 14.0. The SMILES string of the molecule is CSC1C(=O)Nc2c(F)ccc(OCCNCc3cccc(-c4ccccc4)c3)c21. The van der Waals surface area contributed by atoms with Crippen molar-refractivity contribution in [1.29, 1.82) is 0 Å². The number of hydrogen-bond acceptors (Lipinski definition) is 4. The zero-order chi connectivity index (χ0) is 20.9. The van der Waals surface area contributed by atoms with Crippen molar-refractivity contribution in [1.82, 2.24) is 5.32 Å². The monoisotopic (exact) mass is 422 g/mol. The van der Waals surface area contributed by atoms with Crippen LogP contribution in [0.3, 0.4) is 0 Å². The number of carbonyl (C=O) groups is 1. The molecule has 4 nitrogen and oxygen atoms in total. The van der Waals surface area contributed by atoms with Crippen molar-refractivity contribution < 1.29 is 13.9 Å². The van der Waals surface area contributed by atoms with E-state index in [1.165, 1.54) is 34.5 Å². The van der Waals surface area contributed by atoms with Gasteiger partial charge in [0.15, 0.2) is 0 Å². The van der Waals surface area contributed by atoms with Crippen molar-refractivity contribution in [2.45, 2.75) is 11.8 Å². The quantitative estimate of drug-likeness (QED) is 0.501. The normalized spacial score (nSPS) is 15.0. The first kappa shape index (κ1) is 20.4. The lowest BCUT2D eigenvalue weighted by molar-refractivity contribution is -0.115. The third-order valence-corrected chi connectivity index (χ3v) is 5.96. The first-order valence-electron chi connectivity index (χ1n) is 9.81. The maximum atomic E-state index is 14.0. The molecule has 3 aromatic carbocycles. The number of fused-ring (bicyclic) bond motifs is 1. The van der Waals surface area contributed by atoms with E-state index in [0.717, 1.165) is 6.54 Å². The Hall–Kier alpha value is -2.83. The van der Waals surface area contributed by atoms with Crippen LogP contribution < -0.4 is 15.4 Å². The van der Waals surface area contributed by atoms with E-state index in [4.69, 9.17) is 4.74 Å². The van der Waals surface area contributed by atoms with Crippen molar-refractivity contribution in [3.63, 3.8) is 0 Å². The first-order valence-corrected chi connectivity index (χ1v) is 11.1. The Morgan fingerprint density at radius 1 is 1.07 bits per heavy atom. The summed E-state index contributed by atoms with van der Waals surface area (Å²) in [6.45, 7) is 1.78. The zero-order valence-corrected chi connectivity index (χ0v) is 17.5. The molecule has 0 radical (unpaired) electrons. The number of thioether (sulfide) groups is 1. The van der Waals surface area contributed by atoms with E-state index >= 15 is 0 Å². The average Bonchev–Trinajstić information content (AvgIpc) is 3.13. The average molecular weight is 423 g/mol. The summed E-state index contributed by atoms with van der Waals surface area (Å²) in [7, 11) is 0. The second-order valence-corrected chi connectivity index (χ2v) is 7.97. The Morgan fingerprint density at radius 3 is 2.67 bits per heavy atom. The highest BCUT2D eigenvalue weighted by Crippen LogP contribution is 2.45. The second kappa shape index (κ2) is 9.32. The van der Waals surface area contributed by atoms with E-state index in [1.54, 1.807) is 6.07 Å². The Labute approximate surface area is 179 Å². The highest BCUT2D eigenvalue weighted by atomic mass is 32.2. The molecule has 0 bridgehead atoms. The molecular weight excluding hydrogens is 399 g/mol. The number of carbonyl (C=O) groups excluding carboxylic acids is 1. The lowest BCUT2D eigenvalue weighted by Gasteiger charge is -2.14. The fourth-order valence-corrected chi connectivity index (χ4v) is 4.33. The number of nitrogens with one attached hydrogen (secondary N) is 2. The first-order chi connectivity index (χ1) is 14.7. The molecule has 0 saturated carbocycles. The molecule has 0 saturated heterocycles. The van der Waals surface area contributed by atoms with Gasteiger partial charge in [-0.15, -0.1) is 11.8 Å². The summed E-state index contributed by atoms with van der Waals surface area (Å²) in [6, 6.07) is 21.6. The number of amides is 1. The largest absolute Gasteiger partial charge is 0.492 e. The highest BCUT2D eigenvalue weighted by molar-refractivity contribution is 7.99. The Kier molecular flexibility index (Phi) is 6.35. The molecule has 1 aliphatic heterocycles. The van der Waals surface area contributed by atoms with E-state index < -0.39 is 11.1 Å². The lowest BCUT2D eigenvalue weighted by atomic mass is 10.0. The van der Waals surface area contributed by atoms with Crippen LogP contribution >= 0.6 is 11.8 Å². The van der Waals surface area contributed by atoms with Crippen LogP contribution in [0.25, 0.3) is 11.1 Å². The van der Waals surface area contributed by atoms with Crippen LogP contribution in [0.15, 0.2) is 66.7 Å². The third-order valence-electron chi connectivity index (χ3n) is 5.04. The van der Waals surface area contributed by atoms with Gasteiger partial charge >= 0.3 is 0 Å². The smallest absolute Gasteiger partial charge is 0.242 e. The van der Waals surface area contributed by atoms with E-state index in [0.29, 0.717) is 24.5 Å². The Morgan fingerprint density at radius 2 is 1.87 bits per heavy atom. The topological polar surface area (TPSA) is 50.4 Å². The molecule has 1 heterocycles. The predicted molar refractivity (Wildman–Crippen MR) is 120 cm³/mol. The molecule has 0 aliphatic carbocycles. The lowest BCUT2D eigenvalue weighted by Crippen LogP contribution is -2.21. The summed E-state index contributed by atoms with van der Waals surface area (Å²) in [5, 5.41) is 5.55. The molecule has 1 amide bonds. The molecule has 6 heteroatoms. The summed E-state index contributed by atoms with van der Waals surface area (Å²) >= 11 is 1.37. The maximum Gasteiger partial charge on any atom is 0.242 e. The van der Waals surface area contributed by atoms with Gasteiger partial charge in [0.05, 0.1) is 5.69 Å². The molecular formula is C24H23FN2O2S. The standard InChI is InChI=1S/C24H23FN2O2S/c1-30-23-21-20(11-10-19(25)22(21)27-24(23)28)29-13-12-26-15-16-6-5-9-18(14-16)17-7-3-2-4-8-17/h2-11,14,23,26H,12-13,15H2,1H3,(H,27,28). The number of rotatable bonds is 8. The van der Waals surface area contributed by atoms with Gasteiger partial charge in [-0.25, -0.2) is 4.39 Å². The van der Waals surface area contributed by atoms with Crippen LogP contribution in [0, 0.1) is 5.82 Å². The zero-order valence-electron chi connectivity index (χ0n) is 16.7.